The number of nitrogens with one attached hydrogen (secondary N) is 1. The number of hydrogen-bond donors (Lipinski definition) is 1. The molecule has 6 nitrogen and oxygen atoms in total. The van der Waals surface area contributed by atoms with Gasteiger partial charge in [0.05, 0.1) is 18.3 Å². The molecule has 2 heterocycles. The van der Waals surface area contributed by atoms with E-state index in [0.717, 1.165) is 5.56 Å². The molecule has 1 aliphatic rings. The highest BCUT2D eigenvalue weighted by molar-refractivity contribution is 5.94. The minimum Gasteiger partial charge on any atom is -0.324 e. The van der Waals surface area contributed by atoms with Crippen molar-refractivity contribution in [3.63, 3.8) is 0 Å². The zero-order chi connectivity index (χ0) is 17.8. The molecular formula is C18H19FN4O2. The predicted molar refractivity (Wildman–Crippen MR) is 93.0 cm³/mol. The molecule has 1 aromatic carbocycles. The van der Waals surface area contributed by atoms with Gasteiger partial charge in [-0.25, -0.2) is 14.2 Å². The molecule has 130 valence electrons. The Morgan fingerprint density at radius 3 is 2.56 bits per heavy atom. The largest absolute Gasteiger partial charge is 0.325 e. The number of halogens is 1. The molecule has 0 spiro atoms. The van der Waals surface area contributed by atoms with Crippen molar-refractivity contribution >= 4 is 23.4 Å². The molecule has 1 aliphatic heterocycles. The molecule has 3 rings (SSSR count). The molecule has 1 fully saturated rings. The molecule has 0 saturated carbocycles. The van der Waals surface area contributed by atoms with Gasteiger partial charge in [-0.1, -0.05) is 12.1 Å². The van der Waals surface area contributed by atoms with Gasteiger partial charge in [-0.2, -0.15) is 0 Å². The monoisotopic (exact) mass is 342 g/mol. The summed E-state index contributed by atoms with van der Waals surface area (Å²) in [5.74, 6) is 0.0232. The molecule has 3 amide bonds. The zero-order valence-electron chi connectivity index (χ0n) is 13.9. The molecule has 1 saturated heterocycles. The summed E-state index contributed by atoms with van der Waals surface area (Å²) >= 11 is 0. The summed E-state index contributed by atoms with van der Waals surface area (Å²) in [6.07, 6.45) is 1.68. The van der Waals surface area contributed by atoms with Gasteiger partial charge in [0.25, 0.3) is 0 Å². The fourth-order valence-corrected chi connectivity index (χ4v) is 2.70. The van der Waals surface area contributed by atoms with Crippen LogP contribution in [0.2, 0.25) is 0 Å². The van der Waals surface area contributed by atoms with Crippen LogP contribution in [0.4, 0.5) is 20.7 Å². The van der Waals surface area contributed by atoms with E-state index in [0.29, 0.717) is 31.1 Å². The van der Waals surface area contributed by atoms with Gasteiger partial charge >= 0.3 is 6.03 Å². The fourth-order valence-electron chi connectivity index (χ4n) is 2.70. The van der Waals surface area contributed by atoms with E-state index in [4.69, 9.17) is 0 Å². The minimum atomic E-state index is -0.331. The highest BCUT2D eigenvalue weighted by Crippen LogP contribution is 2.19. The summed E-state index contributed by atoms with van der Waals surface area (Å²) in [4.78, 5) is 31.8. The predicted octanol–water partition coefficient (Wildman–Crippen LogP) is 2.66. The van der Waals surface area contributed by atoms with Crippen LogP contribution in [0.1, 0.15) is 12.5 Å². The minimum absolute atomic E-state index is 0.0527. The summed E-state index contributed by atoms with van der Waals surface area (Å²) in [6.45, 7) is 3.91. The second-order valence-corrected chi connectivity index (χ2v) is 5.77. The molecule has 25 heavy (non-hydrogen) atoms. The quantitative estimate of drug-likeness (QED) is 0.908. The third-order valence-electron chi connectivity index (χ3n) is 4.06. The topological polar surface area (TPSA) is 65.5 Å². The van der Waals surface area contributed by atoms with Crippen LogP contribution in [0.25, 0.3) is 0 Å². The maximum absolute atomic E-state index is 12.9. The zero-order valence-corrected chi connectivity index (χ0v) is 13.9. The van der Waals surface area contributed by atoms with Crippen LogP contribution >= 0.6 is 0 Å². The van der Waals surface area contributed by atoms with Crippen LogP contribution in [0.3, 0.4) is 0 Å². The lowest BCUT2D eigenvalue weighted by molar-refractivity contribution is -0.115. The Balaban J connectivity index is 1.60. The van der Waals surface area contributed by atoms with Crippen LogP contribution in [0, 0.1) is 5.82 Å². The highest BCUT2D eigenvalue weighted by atomic mass is 19.1. The summed E-state index contributed by atoms with van der Waals surface area (Å²) in [6, 6.07) is 9.18. The number of rotatable bonds is 5. The van der Waals surface area contributed by atoms with Crippen molar-refractivity contribution < 1.29 is 14.0 Å². The van der Waals surface area contributed by atoms with Gasteiger partial charge in [0, 0.05) is 19.6 Å². The number of pyridine rings is 1. The van der Waals surface area contributed by atoms with Crippen molar-refractivity contribution in [2.24, 2.45) is 0 Å². The average Bonchev–Trinajstić information content (AvgIpc) is 2.98. The normalized spacial score (nSPS) is 14.1. The first-order valence-electron chi connectivity index (χ1n) is 8.13. The Labute approximate surface area is 145 Å². The number of benzene rings is 1. The van der Waals surface area contributed by atoms with Crippen LogP contribution in [-0.2, 0) is 11.2 Å². The van der Waals surface area contributed by atoms with Crippen LogP contribution in [0.5, 0.6) is 0 Å². The SMILES string of the molecule is CCN1CCN(c2ccc(NC(=O)Cc3ccc(F)cc3)cn2)C1=O. The number of carbonyl (C=O) groups is 2. The molecule has 0 radical (unpaired) electrons. The molecule has 1 N–H and O–H groups in total. The number of hydrogen-bond acceptors (Lipinski definition) is 3. The van der Waals surface area contributed by atoms with Crippen molar-refractivity contribution in [1.82, 2.24) is 9.88 Å². The van der Waals surface area contributed by atoms with Crippen LogP contribution in [0.15, 0.2) is 42.6 Å². The number of anilines is 2. The molecule has 0 unspecified atom stereocenters. The maximum atomic E-state index is 12.9. The Hall–Kier alpha value is -2.96. The fraction of sp³-hybridized carbons (Fsp3) is 0.278. The summed E-state index contributed by atoms with van der Waals surface area (Å²) in [5, 5.41) is 2.74. The van der Waals surface area contributed by atoms with Crippen LogP contribution in [-0.4, -0.2) is 41.5 Å². The molecule has 7 heteroatoms. The molecular weight excluding hydrogens is 323 g/mol. The van der Waals surface area contributed by atoms with Crippen LogP contribution < -0.4 is 10.2 Å². The Bertz CT molecular complexity index is 762. The highest BCUT2D eigenvalue weighted by Gasteiger charge is 2.28. The van der Waals surface area contributed by atoms with Gasteiger partial charge in [-0.15, -0.1) is 0 Å². The van der Waals surface area contributed by atoms with E-state index in [1.54, 1.807) is 34.1 Å². The van der Waals surface area contributed by atoms with Crippen molar-refractivity contribution in [1.29, 1.82) is 0 Å². The number of urea groups is 1. The molecule has 1 aromatic heterocycles. The van der Waals surface area contributed by atoms with Gasteiger partial charge in [0.15, 0.2) is 0 Å². The summed E-state index contributed by atoms with van der Waals surface area (Å²) in [5.41, 5.74) is 1.28. The smallest absolute Gasteiger partial charge is 0.324 e. The first-order valence-corrected chi connectivity index (χ1v) is 8.13. The lowest BCUT2D eigenvalue weighted by Crippen LogP contribution is -2.32. The maximum Gasteiger partial charge on any atom is 0.325 e. The lowest BCUT2D eigenvalue weighted by atomic mass is 10.1. The van der Waals surface area contributed by atoms with E-state index in [9.17, 15) is 14.0 Å². The lowest BCUT2D eigenvalue weighted by Gasteiger charge is -2.16. The van der Waals surface area contributed by atoms with Crippen molar-refractivity contribution in [3.05, 3.63) is 54.0 Å². The average molecular weight is 342 g/mol. The Morgan fingerprint density at radius 2 is 1.96 bits per heavy atom. The second kappa shape index (κ2) is 7.29. The molecule has 0 bridgehead atoms. The molecule has 0 aliphatic carbocycles. The first kappa shape index (κ1) is 16.9. The first-order chi connectivity index (χ1) is 12.1. The molecule has 0 atom stereocenters. The van der Waals surface area contributed by atoms with Gasteiger partial charge in [0.1, 0.15) is 11.6 Å². The van der Waals surface area contributed by atoms with Crippen molar-refractivity contribution in [2.75, 3.05) is 29.9 Å². The number of aromatic nitrogens is 1. The van der Waals surface area contributed by atoms with Gasteiger partial charge in [-0.3, -0.25) is 9.69 Å². The number of amides is 3. The van der Waals surface area contributed by atoms with E-state index in [1.807, 2.05) is 6.92 Å². The standard InChI is InChI=1S/C18H19FN4O2/c1-2-22-9-10-23(18(22)25)16-8-7-15(12-20-16)21-17(24)11-13-3-5-14(19)6-4-13/h3-8,12H,2,9-11H2,1H3,(H,21,24). The van der Waals surface area contributed by atoms with E-state index < -0.39 is 0 Å². The van der Waals surface area contributed by atoms with E-state index in [2.05, 4.69) is 10.3 Å². The van der Waals surface area contributed by atoms with Crippen molar-refractivity contribution in [2.45, 2.75) is 13.3 Å². The third kappa shape index (κ3) is 3.93. The number of likely N-dealkylation sites (N-methyl/N-ethyl adjacent to an activating group) is 1. The van der Waals surface area contributed by atoms with E-state index in [-0.39, 0.29) is 24.2 Å². The molecule has 2 aromatic rings. The number of carbonyl (C=O) groups excluding carboxylic acids is 2. The Kier molecular flexibility index (Phi) is 4.92. The van der Waals surface area contributed by atoms with E-state index in [1.165, 1.54) is 18.3 Å². The summed E-state index contributed by atoms with van der Waals surface area (Å²) < 4.78 is 12.9. The van der Waals surface area contributed by atoms with Gasteiger partial charge in [0.2, 0.25) is 5.91 Å². The van der Waals surface area contributed by atoms with Crippen molar-refractivity contribution in [3.8, 4) is 0 Å². The van der Waals surface area contributed by atoms with Gasteiger partial charge in [-0.05, 0) is 36.8 Å². The summed E-state index contributed by atoms with van der Waals surface area (Å²) in [7, 11) is 0. The second-order valence-electron chi connectivity index (χ2n) is 5.77. The number of nitrogens with zero attached hydrogens (tertiary/aromatic N) is 3. The van der Waals surface area contributed by atoms with E-state index >= 15 is 0 Å². The third-order valence-corrected chi connectivity index (χ3v) is 4.06. The Morgan fingerprint density at radius 1 is 1.20 bits per heavy atom. The van der Waals surface area contributed by atoms with Gasteiger partial charge < -0.3 is 10.2 Å².